The first-order chi connectivity index (χ1) is 14.5. The van der Waals surface area contributed by atoms with Crippen molar-refractivity contribution in [3.63, 3.8) is 0 Å². The van der Waals surface area contributed by atoms with Crippen LogP contribution in [-0.4, -0.2) is 37.9 Å². The van der Waals surface area contributed by atoms with E-state index in [4.69, 9.17) is 27.9 Å². The van der Waals surface area contributed by atoms with Crippen LogP contribution >= 0.6 is 30.8 Å². The first-order valence-corrected chi connectivity index (χ1v) is 12.6. The summed E-state index contributed by atoms with van der Waals surface area (Å²) in [5.41, 5.74) is -0.187. The Balaban J connectivity index is 2.44. The van der Waals surface area contributed by atoms with E-state index in [1.54, 1.807) is 24.3 Å². The van der Waals surface area contributed by atoms with Gasteiger partial charge in [0.15, 0.2) is 12.0 Å². The van der Waals surface area contributed by atoms with Gasteiger partial charge < -0.3 is 14.5 Å². The van der Waals surface area contributed by atoms with Gasteiger partial charge in [-0.3, -0.25) is 9.36 Å². The molecule has 0 saturated carbocycles. The fraction of sp³-hybridized carbons (Fsp3) is 0.105. The second-order valence-corrected chi connectivity index (χ2v) is 10.8. The highest BCUT2D eigenvalue weighted by Crippen LogP contribution is 2.46. The van der Waals surface area contributed by atoms with Crippen LogP contribution in [0.15, 0.2) is 53.4 Å². The number of sulfonamides is 1. The van der Waals surface area contributed by atoms with Gasteiger partial charge in [0.05, 0.1) is 17.6 Å². The van der Waals surface area contributed by atoms with Crippen LogP contribution in [0.1, 0.15) is 10.4 Å². The highest BCUT2D eigenvalue weighted by Gasteiger charge is 2.35. The number of ether oxygens (including phenoxy) is 1. The third kappa shape index (κ3) is 4.87. The van der Waals surface area contributed by atoms with Crippen LogP contribution in [0.25, 0.3) is 10.8 Å². The Morgan fingerprint density at radius 2 is 1.71 bits per heavy atom. The zero-order valence-electron chi connectivity index (χ0n) is 15.9. The van der Waals surface area contributed by atoms with E-state index in [0.29, 0.717) is 21.4 Å². The number of nitrogens with zero attached hydrogens (tertiary/aromatic N) is 1. The van der Waals surface area contributed by atoms with Gasteiger partial charge in [-0.05, 0) is 29.7 Å². The number of methoxy groups -OCH3 is 1. The van der Waals surface area contributed by atoms with Gasteiger partial charge in [-0.1, -0.05) is 47.5 Å². The summed E-state index contributed by atoms with van der Waals surface area (Å²) in [6, 6.07) is 11.5. The predicted molar refractivity (Wildman–Crippen MR) is 119 cm³/mol. The molecule has 0 saturated heterocycles. The number of carbonyl (C=O) groups excluding carboxylic acids is 1. The second-order valence-electron chi connectivity index (χ2n) is 6.45. The van der Waals surface area contributed by atoms with Crippen molar-refractivity contribution >= 4 is 63.6 Å². The summed E-state index contributed by atoms with van der Waals surface area (Å²) in [6.07, 6.45) is -0.741. The molecule has 0 bridgehead atoms. The third-order valence-electron chi connectivity index (χ3n) is 4.32. The molecule has 3 rings (SSSR count). The molecule has 164 valence electrons. The summed E-state index contributed by atoms with van der Waals surface area (Å²) in [5, 5.41) is 0.798. The Bertz CT molecular complexity index is 1300. The third-order valence-corrected chi connectivity index (χ3v) is 7.32. The van der Waals surface area contributed by atoms with Crippen molar-refractivity contribution in [3.05, 3.63) is 64.1 Å². The normalized spacial score (nSPS) is 12.0. The van der Waals surface area contributed by atoms with E-state index < -0.39 is 23.9 Å². The van der Waals surface area contributed by atoms with Crippen LogP contribution in [0.5, 0.6) is 5.75 Å². The smallest absolute Gasteiger partial charge is 0.345 e. The van der Waals surface area contributed by atoms with E-state index in [1.165, 1.54) is 19.2 Å². The largest absolute Gasteiger partial charge is 0.494 e. The molecular formula is C19H16Cl2NO7PS. The maximum Gasteiger partial charge on any atom is 0.345 e. The molecule has 0 heterocycles. The van der Waals surface area contributed by atoms with Gasteiger partial charge in [0.25, 0.3) is 10.0 Å². The maximum absolute atomic E-state index is 13.5. The average Bonchev–Trinajstić information content (AvgIpc) is 2.69. The standard InChI is InChI=1S/C19H16Cl2NO7PS/c1-29-19-13(10-23)6-12-4-2-3-5-17(12)18(19)22(11-30(24,25)26)31(27,28)16-8-14(20)7-15(21)9-16/h2-10H,11H2,1H3,(H2,24,25,26). The number of aldehydes is 1. The van der Waals surface area contributed by atoms with E-state index >= 15 is 0 Å². The monoisotopic (exact) mass is 503 g/mol. The molecule has 3 aromatic rings. The maximum atomic E-state index is 13.5. The molecule has 0 spiro atoms. The van der Waals surface area contributed by atoms with Crippen LogP contribution in [-0.2, 0) is 14.6 Å². The molecule has 0 atom stereocenters. The lowest BCUT2D eigenvalue weighted by Gasteiger charge is -2.28. The summed E-state index contributed by atoms with van der Waals surface area (Å²) >= 11 is 11.9. The zero-order valence-corrected chi connectivity index (χ0v) is 19.1. The Morgan fingerprint density at radius 3 is 2.26 bits per heavy atom. The van der Waals surface area contributed by atoms with Crippen LogP contribution in [0.4, 0.5) is 5.69 Å². The summed E-state index contributed by atoms with van der Waals surface area (Å²) < 4.78 is 44.9. The molecule has 2 N–H and O–H groups in total. The van der Waals surface area contributed by atoms with E-state index in [0.717, 1.165) is 12.1 Å². The number of hydrogen-bond acceptors (Lipinski definition) is 5. The molecule has 0 aromatic heterocycles. The summed E-state index contributed by atoms with van der Waals surface area (Å²) in [5.74, 6) is -0.154. The van der Waals surface area contributed by atoms with Crippen molar-refractivity contribution in [1.82, 2.24) is 0 Å². The summed E-state index contributed by atoms with van der Waals surface area (Å²) in [6.45, 7) is 0. The van der Waals surface area contributed by atoms with E-state index in [-0.39, 0.29) is 31.9 Å². The van der Waals surface area contributed by atoms with Gasteiger partial charge in [0, 0.05) is 15.4 Å². The van der Waals surface area contributed by atoms with Crippen molar-refractivity contribution in [1.29, 1.82) is 0 Å². The lowest BCUT2D eigenvalue weighted by molar-refractivity contribution is 0.112. The van der Waals surface area contributed by atoms with Gasteiger partial charge in [-0.2, -0.15) is 0 Å². The van der Waals surface area contributed by atoms with Crippen LogP contribution in [0, 0.1) is 0 Å². The number of carbonyl (C=O) groups is 1. The molecule has 0 aliphatic heterocycles. The summed E-state index contributed by atoms with van der Waals surface area (Å²) in [4.78, 5) is 30.6. The molecule has 0 radical (unpaired) electrons. The van der Waals surface area contributed by atoms with Crippen LogP contribution < -0.4 is 9.04 Å². The minimum Gasteiger partial charge on any atom is -0.494 e. The van der Waals surface area contributed by atoms with Crippen molar-refractivity contribution in [2.45, 2.75) is 4.90 Å². The first-order valence-electron chi connectivity index (χ1n) is 8.56. The SMILES string of the molecule is COc1c(C=O)cc2ccccc2c1N(CP(=O)(O)O)S(=O)(=O)c1cc(Cl)cc(Cl)c1. The number of hydrogen-bond donors (Lipinski definition) is 2. The number of fused-ring (bicyclic) bond motifs is 1. The molecule has 3 aromatic carbocycles. The van der Waals surface area contributed by atoms with Crippen LogP contribution in [0.3, 0.4) is 0 Å². The highest BCUT2D eigenvalue weighted by molar-refractivity contribution is 7.93. The predicted octanol–water partition coefficient (Wildman–Crippen LogP) is 4.30. The number of rotatable bonds is 7. The zero-order chi connectivity index (χ0) is 23.0. The van der Waals surface area contributed by atoms with Gasteiger partial charge in [-0.25, -0.2) is 12.7 Å². The molecule has 0 unspecified atom stereocenters. The molecule has 12 heteroatoms. The number of halogens is 2. The Hall–Kier alpha value is -2.13. The van der Waals surface area contributed by atoms with Gasteiger partial charge in [0.1, 0.15) is 12.0 Å². The molecule has 31 heavy (non-hydrogen) atoms. The lowest BCUT2D eigenvalue weighted by Crippen LogP contribution is -2.33. The molecule has 0 amide bonds. The fourth-order valence-electron chi connectivity index (χ4n) is 3.12. The van der Waals surface area contributed by atoms with Crippen molar-refractivity contribution in [2.24, 2.45) is 0 Å². The Kier molecular flexibility index (Phi) is 6.67. The highest BCUT2D eigenvalue weighted by atomic mass is 35.5. The van der Waals surface area contributed by atoms with Crippen LogP contribution in [0.2, 0.25) is 10.0 Å². The van der Waals surface area contributed by atoms with Gasteiger partial charge in [0.2, 0.25) is 0 Å². The topological polar surface area (TPSA) is 121 Å². The number of benzene rings is 3. The summed E-state index contributed by atoms with van der Waals surface area (Å²) in [7, 11) is -8.31. The minimum absolute atomic E-state index is 0.00578. The van der Waals surface area contributed by atoms with E-state index in [1.807, 2.05) is 0 Å². The number of anilines is 1. The molecule has 0 aliphatic carbocycles. The minimum atomic E-state index is -4.92. The molecular weight excluding hydrogens is 488 g/mol. The fourth-order valence-corrected chi connectivity index (χ4v) is 6.54. The van der Waals surface area contributed by atoms with Crippen molar-refractivity contribution in [2.75, 3.05) is 17.7 Å². The second kappa shape index (κ2) is 8.78. The average molecular weight is 504 g/mol. The van der Waals surface area contributed by atoms with Gasteiger partial charge in [-0.15, -0.1) is 0 Å². The van der Waals surface area contributed by atoms with Gasteiger partial charge >= 0.3 is 7.60 Å². The van der Waals surface area contributed by atoms with E-state index in [9.17, 15) is 27.6 Å². The quantitative estimate of drug-likeness (QED) is 0.364. The Morgan fingerprint density at radius 1 is 1.10 bits per heavy atom. The molecule has 0 fully saturated rings. The van der Waals surface area contributed by atoms with Crippen molar-refractivity contribution in [3.8, 4) is 5.75 Å². The molecule has 0 aliphatic rings. The lowest BCUT2D eigenvalue weighted by atomic mass is 10.0. The van der Waals surface area contributed by atoms with E-state index in [2.05, 4.69) is 0 Å². The first kappa shape index (κ1) is 23.5. The van der Waals surface area contributed by atoms with Crippen molar-refractivity contribution < 1.29 is 32.3 Å². The molecule has 8 nitrogen and oxygen atoms in total. The Labute approximate surface area is 188 Å².